The van der Waals surface area contributed by atoms with Crippen molar-refractivity contribution in [1.82, 2.24) is 4.98 Å². The summed E-state index contributed by atoms with van der Waals surface area (Å²) in [5.74, 6) is 0. The number of hydrogen-bond donors (Lipinski definition) is 1. The Bertz CT molecular complexity index is 390. The highest BCUT2D eigenvalue weighted by Crippen LogP contribution is 2.29. The molecule has 1 rings (SSSR count). The Balaban J connectivity index is 3.46. The molecule has 0 radical (unpaired) electrons. The molecule has 1 heterocycles. The fourth-order valence-corrected chi connectivity index (χ4v) is 1.21. The highest BCUT2D eigenvalue weighted by atomic mass is 35.5. The zero-order valence-electron chi connectivity index (χ0n) is 6.84. The summed E-state index contributed by atoms with van der Waals surface area (Å²) < 4.78 is 25.0. The van der Waals surface area contributed by atoms with Crippen molar-refractivity contribution in [2.45, 2.75) is 13.0 Å². The predicted molar refractivity (Wildman–Crippen MR) is 44.8 cm³/mol. The predicted octanol–water partition coefficient (Wildman–Crippen LogP) is 2.04. The van der Waals surface area contributed by atoms with E-state index in [0.29, 0.717) is 0 Å². The highest BCUT2D eigenvalue weighted by Gasteiger charge is 2.21. The number of alkyl halides is 2. The molecule has 0 aliphatic heterocycles. The number of halogens is 3. The van der Waals surface area contributed by atoms with E-state index in [1.54, 1.807) is 6.07 Å². The van der Waals surface area contributed by atoms with E-state index in [4.69, 9.17) is 22.0 Å². The SMILES string of the molecule is N#Cc1c(Cl)cnc(CO)c1C(F)F. The topological polar surface area (TPSA) is 56.9 Å². The van der Waals surface area contributed by atoms with E-state index in [0.717, 1.165) is 6.20 Å². The second kappa shape index (κ2) is 4.31. The molecule has 3 nitrogen and oxygen atoms in total. The monoisotopic (exact) mass is 218 g/mol. The molecule has 0 saturated heterocycles. The molecule has 14 heavy (non-hydrogen) atoms. The lowest BCUT2D eigenvalue weighted by atomic mass is 10.1. The van der Waals surface area contributed by atoms with Crippen LogP contribution in [0, 0.1) is 11.3 Å². The normalized spacial score (nSPS) is 10.3. The molecule has 1 aromatic heterocycles. The first-order valence-electron chi connectivity index (χ1n) is 3.58. The van der Waals surface area contributed by atoms with E-state index in [1.807, 2.05) is 0 Å². The molecule has 1 aromatic rings. The second-order valence-electron chi connectivity index (χ2n) is 2.41. The Morgan fingerprint density at radius 3 is 2.71 bits per heavy atom. The fraction of sp³-hybridized carbons (Fsp3) is 0.250. The van der Waals surface area contributed by atoms with Crippen LogP contribution in [-0.4, -0.2) is 10.1 Å². The van der Waals surface area contributed by atoms with E-state index in [2.05, 4.69) is 4.98 Å². The molecule has 0 atom stereocenters. The molecule has 0 unspecified atom stereocenters. The highest BCUT2D eigenvalue weighted by molar-refractivity contribution is 6.31. The Labute approximate surface area is 83.6 Å². The number of aliphatic hydroxyl groups excluding tert-OH is 1. The summed E-state index contributed by atoms with van der Waals surface area (Å²) >= 11 is 5.50. The van der Waals surface area contributed by atoms with Crippen molar-refractivity contribution in [1.29, 1.82) is 5.26 Å². The van der Waals surface area contributed by atoms with Crippen LogP contribution in [0.25, 0.3) is 0 Å². The Morgan fingerprint density at radius 2 is 2.29 bits per heavy atom. The maximum absolute atomic E-state index is 12.5. The van der Waals surface area contributed by atoms with Gasteiger partial charge < -0.3 is 5.11 Å². The molecule has 0 amide bonds. The Hall–Kier alpha value is -1.25. The van der Waals surface area contributed by atoms with E-state index in [9.17, 15) is 8.78 Å². The fourth-order valence-electron chi connectivity index (χ4n) is 1.02. The van der Waals surface area contributed by atoms with Crippen LogP contribution in [-0.2, 0) is 6.61 Å². The molecule has 74 valence electrons. The summed E-state index contributed by atoms with van der Waals surface area (Å²) in [7, 11) is 0. The third-order valence-corrected chi connectivity index (χ3v) is 1.92. The number of aliphatic hydroxyl groups is 1. The standard InChI is InChI=1S/C8H5ClF2N2O/c9-5-2-13-6(3-14)7(8(10)11)4(5)1-12/h2,8,14H,3H2. The third-order valence-electron chi connectivity index (χ3n) is 1.63. The molecule has 0 aromatic carbocycles. The van der Waals surface area contributed by atoms with Crippen LogP contribution < -0.4 is 0 Å². The molecule has 0 fully saturated rings. The minimum Gasteiger partial charge on any atom is -0.390 e. The van der Waals surface area contributed by atoms with Gasteiger partial charge in [-0.15, -0.1) is 0 Å². The van der Waals surface area contributed by atoms with Gasteiger partial charge in [0.25, 0.3) is 6.43 Å². The van der Waals surface area contributed by atoms with Gasteiger partial charge in [0, 0.05) is 6.20 Å². The van der Waals surface area contributed by atoms with Crippen molar-refractivity contribution in [3.63, 3.8) is 0 Å². The van der Waals surface area contributed by atoms with Gasteiger partial charge in [-0.3, -0.25) is 4.98 Å². The average Bonchev–Trinajstić information content (AvgIpc) is 2.17. The third kappa shape index (κ3) is 1.81. The van der Waals surface area contributed by atoms with Crippen LogP contribution in [0.2, 0.25) is 5.02 Å². The smallest absolute Gasteiger partial charge is 0.267 e. The van der Waals surface area contributed by atoms with Crippen molar-refractivity contribution in [2.24, 2.45) is 0 Å². The van der Waals surface area contributed by atoms with Crippen LogP contribution in [0.3, 0.4) is 0 Å². The van der Waals surface area contributed by atoms with Crippen molar-refractivity contribution in [3.05, 3.63) is 28.0 Å². The van der Waals surface area contributed by atoms with E-state index in [1.165, 1.54) is 0 Å². The first-order valence-corrected chi connectivity index (χ1v) is 3.96. The zero-order valence-corrected chi connectivity index (χ0v) is 7.59. The van der Waals surface area contributed by atoms with Gasteiger partial charge in [0.2, 0.25) is 0 Å². The van der Waals surface area contributed by atoms with Crippen molar-refractivity contribution in [3.8, 4) is 6.07 Å². The number of nitrogens with zero attached hydrogens (tertiary/aromatic N) is 2. The van der Waals surface area contributed by atoms with Gasteiger partial charge in [-0.25, -0.2) is 8.78 Å². The van der Waals surface area contributed by atoms with Gasteiger partial charge in [-0.1, -0.05) is 11.6 Å². The van der Waals surface area contributed by atoms with Gasteiger partial charge in [0.15, 0.2) is 0 Å². The van der Waals surface area contributed by atoms with E-state index >= 15 is 0 Å². The van der Waals surface area contributed by atoms with Gasteiger partial charge >= 0.3 is 0 Å². The summed E-state index contributed by atoms with van der Waals surface area (Å²) in [6.07, 6.45) is -1.81. The molecule has 0 spiro atoms. The summed E-state index contributed by atoms with van der Waals surface area (Å²) in [5.41, 5.74) is -1.15. The lowest BCUT2D eigenvalue weighted by Crippen LogP contribution is -2.02. The van der Waals surface area contributed by atoms with Crippen molar-refractivity contribution in [2.75, 3.05) is 0 Å². The maximum Gasteiger partial charge on any atom is 0.267 e. The van der Waals surface area contributed by atoms with Gasteiger partial charge in [-0.05, 0) is 0 Å². The summed E-state index contributed by atoms with van der Waals surface area (Å²) in [5, 5.41) is 17.2. The average molecular weight is 219 g/mol. The number of aromatic nitrogens is 1. The largest absolute Gasteiger partial charge is 0.390 e. The van der Waals surface area contributed by atoms with E-state index in [-0.39, 0.29) is 16.3 Å². The Morgan fingerprint density at radius 1 is 1.64 bits per heavy atom. The van der Waals surface area contributed by atoms with Crippen LogP contribution in [0.1, 0.15) is 23.2 Å². The van der Waals surface area contributed by atoms with Crippen LogP contribution in [0.5, 0.6) is 0 Å². The lowest BCUT2D eigenvalue weighted by Gasteiger charge is -2.08. The minimum atomic E-state index is -2.88. The van der Waals surface area contributed by atoms with E-state index < -0.39 is 18.6 Å². The maximum atomic E-state index is 12.5. The number of hydrogen-bond acceptors (Lipinski definition) is 3. The second-order valence-corrected chi connectivity index (χ2v) is 2.82. The molecule has 0 aliphatic carbocycles. The summed E-state index contributed by atoms with van der Waals surface area (Å²) in [6, 6.07) is 1.56. The zero-order chi connectivity index (χ0) is 10.7. The first-order chi connectivity index (χ1) is 6.61. The molecule has 0 bridgehead atoms. The molecular formula is C8H5ClF2N2O. The number of rotatable bonds is 2. The first kappa shape index (κ1) is 10.8. The van der Waals surface area contributed by atoms with Crippen LogP contribution in [0.15, 0.2) is 6.20 Å². The van der Waals surface area contributed by atoms with Crippen molar-refractivity contribution < 1.29 is 13.9 Å². The van der Waals surface area contributed by atoms with Crippen LogP contribution >= 0.6 is 11.6 Å². The number of pyridine rings is 1. The quantitative estimate of drug-likeness (QED) is 0.826. The molecular weight excluding hydrogens is 214 g/mol. The lowest BCUT2D eigenvalue weighted by molar-refractivity contribution is 0.145. The molecule has 6 heteroatoms. The van der Waals surface area contributed by atoms with Gasteiger partial charge in [-0.2, -0.15) is 5.26 Å². The summed E-state index contributed by atoms with van der Waals surface area (Å²) in [6.45, 7) is -0.647. The van der Waals surface area contributed by atoms with Crippen molar-refractivity contribution >= 4 is 11.6 Å². The van der Waals surface area contributed by atoms with Gasteiger partial charge in [0.1, 0.15) is 6.07 Å². The van der Waals surface area contributed by atoms with Crippen LogP contribution in [0.4, 0.5) is 8.78 Å². The molecule has 0 aliphatic rings. The molecule has 1 N–H and O–H groups in total. The summed E-state index contributed by atoms with van der Waals surface area (Å²) in [4.78, 5) is 3.51. The minimum absolute atomic E-state index is 0.139. The Kier molecular flexibility index (Phi) is 3.33. The number of nitriles is 1. The molecule has 0 saturated carbocycles. The van der Waals surface area contributed by atoms with Gasteiger partial charge in [0.05, 0.1) is 28.5 Å².